The van der Waals surface area contributed by atoms with Crippen LogP contribution in [0.3, 0.4) is 0 Å². The van der Waals surface area contributed by atoms with Gasteiger partial charge in [0.25, 0.3) is 0 Å². The number of nitrogens with one attached hydrogen (secondary N) is 2. The van der Waals surface area contributed by atoms with E-state index >= 15 is 0 Å². The number of aryl methyl sites for hydroxylation is 1. The van der Waals surface area contributed by atoms with Crippen LogP contribution in [-0.4, -0.2) is 21.1 Å². The van der Waals surface area contributed by atoms with Gasteiger partial charge in [0.1, 0.15) is 5.75 Å². The molecular weight excluding hydrogens is 346 g/mol. The van der Waals surface area contributed by atoms with Crippen LogP contribution in [0.25, 0.3) is 21.7 Å². The highest BCUT2D eigenvalue weighted by Crippen LogP contribution is 2.24. The van der Waals surface area contributed by atoms with Crippen molar-refractivity contribution in [2.24, 2.45) is 0 Å². The molecule has 0 bridgehead atoms. The summed E-state index contributed by atoms with van der Waals surface area (Å²) >= 11 is 0. The van der Waals surface area contributed by atoms with Crippen molar-refractivity contribution in [3.63, 3.8) is 0 Å². The van der Waals surface area contributed by atoms with Crippen LogP contribution >= 0.6 is 0 Å². The molecule has 144 valence electrons. The van der Waals surface area contributed by atoms with Crippen molar-refractivity contribution in [3.05, 3.63) is 72.2 Å². The zero-order chi connectivity index (χ0) is 19.3. The number of hydrogen-bond acceptors (Lipinski definition) is 3. The van der Waals surface area contributed by atoms with E-state index in [2.05, 4.69) is 52.7 Å². The van der Waals surface area contributed by atoms with E-state index in [1.165, 1.54) is 28.3 Å². The van der Waals surface area contributed by atoms with Crippen molar-refractivity contribution in [2.75, 3.05) is 0 Å². The summed E-state index contributed by atoms with van der Waals surface area (Å²) in [5.74, 6) is 0.330. The van der Waals surface area contributed by atoms with Crippen LogP contribution in [0.5, 0.6) is 5.75 Å². The summed E-state index contributed by atoms with van der Waals surface area (Å²) < 4.78 is 0. The first-order valence-electron chi connectivity index (χ1n) is 10.0. The third-order valence-electron chi connectivity index (χ3n) is 5.44. The highest BCUT2D eigenvalue weighted by Gasteiger charge is 2.06. The van der Waals surface area contributed by atoms with Crippen LogP contribution in [0.4, 0.5) is 0 Å². The van der Waals surface area contributed by atoms with Gasteiger partial charge in [-0.1, -0.05) is 18.6 Å². The van der Waals surface area contributed by atoms with Gasteiger partial charge in [-0.3, -0.25) is 4.98 Å². The molecule has 4 aromatic rings. The Morgan fingerprint density at radius 2 is 2.00 bits per heavy atom. The average Bonchev–Trinajstić information content (AvgIpc) is 3.11. The van der Waals surface area contributed by atoms with Crippen LogP contribution in [0.2, 0.25) is 0 Å². The predicted molar refractivity (Wildman–Crippen MR) is 116 cm³/mol. The van der Waals surface area contributed by atoms with Crippen molar-refractivity contribution < 1.29 is 5.11 Å². The van der Waals surface area contributed by atoms with Gasteiger partial charge in [0.2, 0.25) is 0 Å². The van der Waals surface area contributed by atoms with E-state index in [-0.39, 0.29) is 0 Å². The second-order valence-electron chi connectivity index (χ2n) is 7.63. The van der Waals surface area contributed by atoms with Gasteiger partial charge in [-0.2, -0.15) is 0 Å². The Hall–Kier alpha value is -2.85. The van der Waals surface area contributed by atoms with E-state index in [1.807, 2.05) is 24.5 Å². The summed E-state index contributed by atoms with van der Waals surface area (Å²) in [6.45, 7) is 3.15. The lowest BCUT2D eigenvalue weighted by molar-refractivity contribution is 0.476. The number of phenolic OH excluding ortho intramolecular Hbond substituents is 1. The van der Waals surface area contributed by atoms with E-state index in [1.54, 1.807) is 6.07 Å². The summed E-state index contributed by atoms with van der Waals surface area (Å²) in [7, 11) is 0. The van der Waals surface area contributed by atoms with Crippen molar-refractivity contribution >= 4 is 21.7 Å². The van der Waals surface area contributed by atoms with E-state index in [0.717, 1.165) is 36.7 Å². The molecule has 4 heteroatoms. The van der Waals surface area contributed by atoms with Crippen molar-refractivity contribution in [3.8, 4) is 5.75 Å². The average molecular weight is 374 g/mol. The fraction of sp³-hybridized carbons (Fsp3) is 0.292. The first-order chi connectivity index (χ1) is 13.7. The molecule has 0 spiro atoms. The molecule has 2 aromatic carbocycles. The highest BCUT2D eigenvalue weighted by atomic mass is 16.3. The molecule has 0 radical (unpaired) electrons. The summed E-state index contributed by atoms with van der Waals surface area (Å²) in [6.07, 6.45) is 10.4. The number of H-pyrrole nitrogens is 1. The SMILES string of the molecule is C[C@H](CCCCc1c[nH]c2ccc(O)cc12)NCc1ccc2cnccc2c1. The molecule has 0 fully saturated rings. The lowest BCUT2D eigenvalue weighted by Gasteiger charge is -2.14. The number of aromatic nitrogens is 2. The van der Waals surface area contributed by atoms with Crippen molar-refractivity contribution in [1.82, 2.24) is 15.3 Å². The van der Waals surface area contributed by atoms with Crippen LogP contribution in [0, 0.1) is 0 Å². The third-order valence-corrected chi connectivity index (χ3v) is 5.44. The lowest BCUT2D eigenvalue weighted by Crippen LogP contribution is -2.25. The van der Waals surface area contributed by atoms with Gasteiger partial charge in [0, 0.05) is 47.5 Å². The number of nitrogens with zero attached hydrogens (tertiary/aromatic N) is 1. The zero-order valence-corrected chi connectivity index (χ0v) is 16.3. The number of phenols is 1. The number of benzene rings is 2. The molecule has 0 amide bonds. The first-order valence-corrected chi connectivity index (χ1v) is 10.0. The summed E-state index contributed by atoms with van der Waals surface area (Å²) in [5.41, 5.74) is 3.69. The summed E-state index contributed by atoms with van der Waals surface area (Å²) in [4.78, 5) is 7.46. The van der Waals surface area contributed by atoms with Crippen LogP contribution in [0.15, 0.2) is 61.1 Å². The van der Waals surface area contributed by atoms with Crippen molar-refractivity contribution in [2.45, 2.75) is 45.2 Å². The molecule has 0 saturated carbocycles. The van der Waals surface area contributed by atoms with E-state index in [4.69, 9.17) is 0 Å². The Kier molecular flexibility index (Phi) is 5.58. The normalized spacial score (nSPS) is 12.6. The summed E-state index contributed by atoms with van der Waals surface area (Å²) in [5, 5.41) is 16.9. The molecule has 4 nitrogen and oxygen atoms in total. The molecule has 0 aliphatic heterocycles. The minimum Gasteiger partial charge on any atom is -0.508 e. The molecule has 28 heavy (non-hydrogen) atoms. The Bertz CT molecular complexity index is 1070. The first kappa shape index (κ1) is 18.5. The fourth-order valence-corrected chi connectivity index (χ4v) is 3.78. The number of aromatic hydroxyl groups is 1. The Morgan fingerprint density at radius 1 is 1.07 bits per heavy atom. The molecule has 2 aromatic heterocycles. The number of aromatic amines is 1. The number of fused-ring (bicyclic) bond motifs is 2. The smallest absolute Gasteiger partial charge is 0.116 e. The maximum atomic E-state index is 9.70. The van der Waals surface area contributed by atoms with Gasteiger partial charge in [0.15, 0.2) is 0 Å². The predicted octanol–water partition coefficient (Wildman–Crippen LogP) is 5.31. The van der Waals surface area contributed by atoms with Crippen LogP contribution < -0.4 is 5.32 Å². The topological polar surface area (TPSA) is 60.9 Å². The highest BCUT2D eigenvalue weighted by molar-refractivity contribution is 5.84. The maximum absolute atomic E-state index is 9.70. The second kappa shape index (κ2) is 8.44. The second-order valence-corrected chi connectivity index (χ2v) is 7.63. The number of rotatable bonds is 8. The van der Waals surface area contributed by atoms with Gasteiger partial charge < -0.3 is 15.4 Å². The van der Waals surface area contributed by atoms with E-state index in [9.17, 15) is 5.11 Å². The lowest BCUT2D eigenvalue weighted by atomic mass is 10.0. The van der Waals surface area contributed by atoms with E-state index < -0.39 is 0 Å². The van der Waals surface area contributed by atoms with Gasteiger partial charge in [0.05, 0.1) is 0 Å². The minimum absolute atomic E-state index is 0.330. The monoisotopic (exact) mass is 373 g/mol. The Balaban J connectivity index is 1.23. The molecular formula is C24H27N3O. The van der Waals surface area contributed by atoms with Crippen molar-refractivity contribution in [1.29, 1.82) is 0 Å². The molecule has 0 aliphatic carbocycles. The van der Waals surface area contributed by atoms with Gasteiger partial charge >= 0.3 is 0 Å². The van der Waals surface area contributed by atoms with Gasteiger partial charge in [-0.05, 0) is 73.0 Å². The number of hydrogen-bond donors (Lipinski definition) is 3. The number of pyridine rings is 1. The quantitative estimate of drug-likeness (QED) is 0.367. The standard InChI is InChI=1S/C24H27N3O/c1-17(26-14-18-6-7-20-15-25-11-10-19(20)12-18)4-2-3-5-21-16-27-24-9-8-22(28)13-23(21)24/h6-13,15-17,26-28H,2-5,14H2,1H3/t17-/m1/s1. The molecule has 0 unspecified atom stereocenters. The number of unbranched alkanes of at least 4 members (excludes halogenated alkanes) is 1. The maximum Gasteiger partial charge on any atom is 0.116 e. The van der Waals surface area contributed by atoms with Gasteiger partial charge in [-0.15, -0.1) is 0 Å². The molecule has 1 atom stereocenters. The zero-order valence-electron chi connectivity index (χ0n) is 16.3. The molecule has 4 rings (SSSR count). The van der Waals surface area contributed by atoms with Gasteiger partial charge in [-0.25, -0.2) is 0 Å². The molecule has 3 N–H and O–H groups in total. The molecule has 0 saturated heterocycles. The fourth-order valence-electron chi connectivity index (χ4n) is 3.78. The van der Waals surface area contributed by atoms with Crippen LogP contribution in [0.1, 0.15) is 37.3 Å². The third kappa shape index (κ3) is 4.34. The summed E-state index contributed by atoms with van der Waals surface area (Å²) in [6, 6.07) is 14.6. The Labute approximate surface area is 165 Å². The van der Waals surface area contributed by atoms with E-state index in [0.29, 0.717) is 11.8 Å². The minimum atomic E-state index is 0.330. The largest absolute Gasteiger partial charge is 0.508 e. The molecule has 2 heterocycles. The molecule has 0 aliphatic rings. The van der Waals surface area contributed by atoms with Crippen LogP contribution in [-0.2, 0) is 13.0 Å². The Morgan fingerprint density at radius 3 is 2.93 bits per heavy atom.